The highest BCUT2D eigenvalue weighted by Crippen LogP contribution is 2.14. The van der Waals surface area contributed by atoms with Gasteiger partial charge in [0.05, 0.1) is 12.6 Å². The Bertz CT molecular complexity index is 160. The van der Waals surface area contributed by atoms with Crippen molar-refractivity contribution in [2.75, 3.05) is 19.8 Å². The van der Waals surface area contributed by atoms with E-state index in [0.29, 0.717) is 12.8 Å². The Morgan fingerprint density at radius 1 is 1.50 bits per heavy atom. The molecule has 1 aliphatic rings. The maximum absolute atomic E-state index is 11.2. The van der Waals surface area contributed by atoms with Crippen molar-refractivity contribution < 1.29 is 15.0 Å². The lowest BCUT2D eigenvalue weighted by Gasteiger charge is -2.25. The molecule has 1 rings (SSSR count). The van der Waals surface area contributed by atoms with Crippen LogP contribution >= 0.6 is 0 Å². The van der Waals surface area contributed by atoms with E-state index in [1.54, 1.807) is 4.90 Å². The van der Waals surface area contributed by atoms with Crippen LogP contribution in [-0.4, -0.2) is 46.8 Å². The van der Waals surface area contributed by atoms with E-state index in [0.717, 1.165) is 13.0 Å². The van der Waals surface area contributed by atoms with E-state index in [1.165, 1.54) is 0 Å². The van der Waals surface area contributed by atoms with Crippen LogP contribution in [0.15, 0.2) is 0 Å². The van der Waals surface area contributed by atoms with Crippen LogP contribution in [0.2, 0.25) is 0 Å². The van der Waals surface area contributed by atoms with Crippen LogP contribution in [0.3, 0.4) is 0 Å². The molecule has 0 aromatic rings. The standard InChI is InChI=1S/C8H15NO3/c10-5-3-7(6-11)9-4-1-2-8(9)12/h7,10-11H,1-6H2. The summed E-state index contributed by atoms with van der Waals surface area (Å²) >= 11 is 0. The molecule has 1 saturated heterocycles. The second-order valence-corrected chi connectivity index (χ2v) is 3.04. The van der Waals surface area contributed by atoms with Crippen LogP contribution in [-0.2, 0) is 4.79 Å². The number of carbonyl (C=O) groups excluding carboxylic acids is 1. The van der Waals surface area contributed by atoms with E-state index in [4.69, 9.17) is 10.2 Å². The minimum atomic E-state index is -0.176. The summed E-state index contributed by atoms with van der Waals surface area (Å²) in [5, 5.41) is 17.6. The molecule has 0 aromatic carbocycles. The summed E-state index contributed by atoms with van der Waals surface area (Å²) in [6.07, 6.45) is 1.94. The monoisotopic (exact) mass is 173 g/mol. The molecular weight excluding hydrogens is 158 g/mol. The normalized spacial score (nSPS) is 20.2. The molecule has 12 heavy (non-hydrogen) atoms. The minimum Gasteiger partial charge on any atom is -0.396 e. The van der Waals surface area contributed by atoms with Gasteiger partial charge in [0.25, 0.3) is 0 Å². The van der Waals surface area contributed by atoms with Gasteiger partial charge >= 0.3 is 0 Å². The molecule has 1 aliphatic heterocycles. The number of amides is 1. The molecule has 1 fully saturated rings. The molecule has 0 aliphatic carbocycles. The van der Waals surface area contributed by atoms with E-state index in [2.05, 4.69) is 0 Å². The molecular formula is C8H15NO3. The van der Waals surface area contributed by atoms with Gasteiger partial charge < -0.3 is 15.1 Å². The van der Waals surface area contributed by atoms with Gasteiger partial charge in [-0.25, -0.2) is 0 Å². The number of carbonyl (C=O) groups is 1. The Labute approximate surface area is 71.8 Å². The average molecular weight is 173 g/mol. The molecule has 1 heterocycles. The Kier molecular flexibility index (Phi) is 3.49. The van der Waals surface area contributed by atoms with Crippen LogP contribution in [0.1, 0.15) is 19.3 Å². The quantitative estimate of drug-likeness (QED) is 0.594. The molecule has 0 aromatic heterocycles. The fourth-order valence-electron chi connectivity index (χ4n) is 1.55. The molecule has 0 saturated carbocycles. The zero-order valence-corrected chi connectivity index (χ0v) is 7.07. The van der Waals surface area contributed by atoms with Gasteiger partial charge in [-0.15, -0.1) is 0 Å². The van der Waals surface area contributed by atoms with Gasteiger partial charge in [-0.05, 0) is 12.8 Å². The number of rotatable bonds is 4. The predicted octanol–water partition coefficient (Wildman–Crippen LogP) is -0.648. The fraction of sp³-hybridized carbons (Fsp3) is 0.875. The molecule has 0 bridgehead atoms. The van der Waals surface area contributed by atoms with Gasteiger partial charge in [0.2, 0.25) is 5.91 Å². The smallest absolute Gasteiger partial charge is 0.222 e. The van der Waals surface area contributed by atoms with E-state index < -0.39 is 0 Å². The second kappa shape index (κ2) is 4.42. The number of likely N-dealkylation sites (tertiary alicyclic amines) is 1. The molecule has 2 N–H and O–H groups in total. The Morgan fingerprint density at radius 3 is 2.67 bits per heavy atom. The molecule has 0 radical (unpaired) electrons. The van der Waals surface area contributed by atoms with Crippen molar-refractivity contribution in [2.24, 2.45) is 0 Å². The van der Waals surface area contributed by atoms with Gasteiger partial charge in [0.1, 0.15) is 0 Å². The highest BCUT2D eigenvalue weighted by Gasteiger charge is 2.26. The van der Waals surface area contributed by atoms with Gasteiger partial charge in [0, 0.05) is 19.6 Å². The molecule has 70 valence electrons. The minimum absolute atomic E-state index is 0.0228. The van der Waals surface area contributed by atoms with E-state index in [9.17, 15) is 4.79 Å². The molecule has 4 heteroatoms. The zero-order valence-electron chi connectivity index (χ0n) is 7.07. The third-order valence-electron chi connectivity index (χ3n) is 2.22. The molecule has 1 amide bonds. The number of aliphatic hydroxyl groups excluding tert-OH is 2. The third kappa shape index (κ3) is 1.95. The van der Waals surface area contributed by atoms with Crippen molar-refractivity contribution in [3.63, 3.8) is 0 Å². The van der Waals surface area contributed by atoms with E-state index in [1.807, 2.05) is 0 Å². The van der Waals surface area contributed by atoms with Crippen LogP contribution in [0.25, 0.3) is 0 Å². The van der Waals surface area contributed by atoms with Crippen molar-refractivity contribution in [1.29, 1.82) is 0 Å². The second-order valence-electron chi connectivity index (χ2n) is 3.04. The number of hydrogen-bond donors (Lipinski definition) is 2. The first-order chi connectivity index (χ1) is 5.79. The zero-order chi connectivity index (χ0) is 8.97. The number of aliphatic hydroxyl groups is 2. The van der Waals surface area contributed by atoms with Crippen LogP contribution in [0.5, 0.6) is 0 Å². The van der Waals surface area contributed by atoms with E-state index in [-0.39, 0.29) is 25.2 Å². The highest BCUT2D eigenvalue weighted by molar-refractivity contribution is 5.78. The largest absolute Gasteiger partial charge is 0.396 e. The first kappa shape index (κ1) is 9.48. The molecule has 1 unspecified atom stereocenters. The van der Waals surface area contributed by atoms with Crippen molar-refractivity contribution in [2.45, 2.75) is 25.3 Å². The third-order valence-corrected chi connectivity index (χ3v) is 2.22. The van der Waals surface area contributed by atoms with Crippen LogP contribution < -0.4 is 0 Å². The fourth-order valence-corrected chi connectivity index (χ4v) is 1.55. The summed E-state index contributed by atoms with van der Waals surface area (Å²) in [5.74, 6) is 0.0995. The maximum atomic E-state index is 11.2. The van der Waals surface area contributed by atoms with Crippen molar-refractivity contribution in [3.05, 3.63) is 0 Å². The first-order valence-corrected chi connectivity index (χ1v) is 4.30. The van der Waals surface area contributed by atoms with Crippen molar-refractivity contribution in [3.8, 4) is 0 Å². The topological polar surface area (TPSA) is 60.8 Å². The van der Waals surface area contributed by atoms with Crippen molar-refractivity contribution >= 4 is 5.91 Å². The van der Waals surface area contributed by atoms with Gasteiger partial charge in [-0.1, -0.05) is 0 Å². The Morgan fingerprint density at radius 2 is 2.25 bits per heavy atom. The summed E-state index contributed by atoms with van der Waals surface area (Å²) in [4.78, 5) is 12.8. The summed E-state index contributed by atoms with van der Waals surface area (Å²) in [6.45, 7) is 0.700. The Hall–Kier alpha value is -0.610. The molecule has 1 atom stereocenters. The average Bonchev–Trinajstić information content (AvgIpc) is 2.47. The predicted molar refractivity (Wildman–Crippen MR) is 43.5 cm³/mol. The van der Waals surface area contributed by atoms with E-state index >= 15 is 0 Å². The van der Waals surface area contributed by atoms with Crippen molar-refractivity contribution in [1.82, 2.24) is 4.90 Å². The first-order valence-electron chi connectivity index (χ1n) is 4.30. The Balaban J connectivity index is 2.46. The summed E-state index contributed by atoms with van der Waals surface area (Å²) in [5.41, 5.74) is 0. The van der Waals surface area contributed by atoms with Gasteiger partial charge in [-0.2, -0.15) is 0 Å². The molecule has 4 nitrogen and oxygen atoms in total. The number of hydrogen-bond acceptors (Lipinski definition) is 3. The SMILES string of the molecule is O=C1CCCN1C(CO)CCO. The van der Waals surface area contributed by atoms with Crippen LogP contribution in [0.4, 0.5) is 0 Å². The summed E-state index contributed by atoms with van der Waals surface area (Å²) in [6, 6.07) is -0.176. The van der Waals surface area contributed by atoms with Gasteiger partial charge in [-0.3, -0.25) is 4.79 Å². The lowest BCUT2D eigenvalue weighted by molar-refractivity contribution is -0.130. The lowest BCUT2D eigenvalue weighted by atomic mass is 10.2. The summed E-state index contributed by atoms with van der Waals surface area (Å²) < 4.78 is 0. The maximum Gasteiger partial charge on any atom is 0.222 e. The number of nitrogens with zero attached hydrogens (tertiary/aromatic N) is 1. The van der Waals surface area contributed by atoms with Crippen LogP contribution in [0, 0.1) is 0 Å². The summed E-state index contributed by atoms with van der Waals surface area (Å²) in [7, 11) is 0. The molecule has 0 spiro atoms. The van der Waals surface area contributed by atoms with Gasteiger partial charge in [0.15, 0.2) is 0 Å². The lowest BCUT2D eigenvalue weighted by Crippen LogP contribution is -2.39. The highest BCUT2D eigenvalue weighted by atomic mass is 16.3.